The third kappa shape index (κ3) is 2.29. The number of hydrogen-bond acceptors (Lipinski definition) is 2. The highest BCUT2D eigenvalue weighted by Gasteiger charge is 2.15. The van der Waals surface area contributed by atoms with Crippen molar-refractivity contribution in [1.82, 2.24) is 10.2 Å². The van der Waals surface area contributed by atoms with Gasteiger partial charge in [0.15, 0.2) is 5.82 Å². The number of hydrogen-bond donors (Lipinski definition) is 2. The summed E-state index contributed by atoms with van der Waals surface area (Å²) in [6, 6.07) is 4.26. The molecule has 1 amide bonds. The molecule has 0 saturated heterocycles. The lowest BCUT2D eigenvalue weighted by atomic mass is 10.2. The number of halogens is 2. The lowest BCUT2D eigenvalue weighted by Gasteiger charge is -2.05. The molecule has 4 nitrogen and oxygen atoms in total. The Kier molecular flexibility index (Phi) is 3.10. The summed E-state index contributed by atoms with van der Waals surface area (Å²) in [6.45, 7) is 1.77. The Balaban J connectivity index is 2.27. The number of benzene rings is 1. The highest BCUT2D eigenvalue weighted by molar-refractivity contribution is 6.31. The number of aryl methyl sites for hydroxylation is 1. The quantitative estimate of drug-likeness (QED) is 0.865. The minimum absolute atomic E-state index is 0.0843. The highest BCUT2D eigenvalue weighted by Crippen LogP contribution is 2.19. The maximum atomic E-state index is 13.6. The second kappa shape index (κ2) is 4.55. The smallest absolute Gasteiger partial charge is 0.259 e. The van der Waals surface area contributed by atoms with E-state index in [9.17, 15) is 9.18 Å². The molecule has 0 unspecified atom stereocenters. The van der Waals surface area contributed by atoms with Crippen molar-refractivity contribution in [3.63, 3.8) is 0 Å². The van der Waals surface area contributed by atoms with Crippen LogP contribution in [0.2, 0.25) is 5.02 Å². The minimum Gasteiger partial charge on any atom is -0.307 e. The topological polar surface area (TPSA) is 57.8 Å². The molecule has 0 bridgehead atoms. The third-order valence-corrected chi connectivity index (χ3v) is 2.56. The van der Waals surface area contributed by atoms with Crippen molar-refractivity contribution in [2.24, 2.45) is 0 Å². The van der Waals surface area contributed by atoms with Crippen LogP contribution >= 0.6 is 11.6 Å². The van der Waals surface area contributed by atoms with Crippen LogP contribution in [0.25, 0.3) is 0 Å². The maximum absolute atomic E-state index is 13.6. The summed E-state index contributed by atoms with van der Waals surface area (Å²) in [5.74, 6) is -0.865. The van der Waals surface area contributed by atoms with E-state index in [1.165, 1.54) is 18.2 Å². The highest BCUT2D eigenvalue weighted by atomic mass is 35.5. The van der Waals surface area contributed by atoms with E-state index in [0.717, 1.165) is 5.56 Å². The van der Waals surface area contributed by atoms with E-state index in [0.29, 0.717) is 5.82 Å². The SMILES string of the molecule is Cc1cn[nH]c1NC(=O)c1cccc(Cl)c1F. The molecule has 2 aromatic rings. The molecule has 0 atom stereocenters. The minimum atomic E-state index is -0.733. The van der Waals surface area contributed by atoms with Crippen molar-refractivity contribution in [3.8, 4) is 0 Å². The van der Waals surface area contributed by atoms with Gasteiger partial charge in [-0.2, -0.15) is 5.10 Å². The van der Waals surface area contributed by atoms with Crippen LogP contribution in [0, 0.1) is 12.7 Å². The van der Waals surface area contributed by atoms with Gasteiger partial charge in [0.05, 0.1) is 16.8 Å². The van der Waals surface area contributed by atoms with Crippen LogP contribution in [0.15, 0.2) is 24.4 Å². The molecule has 0 aliphatic rings. The van der Waals surface area contributed by atoms with Crippen LogP contribution in [-0.4, -0.2) is 16.1 Å². The summed E-state index contributed by atoms with van der Waals surface area (Å²) >= 11 is 5.60. The van der Waals surface area contributed by atoms with Gasteiger partial charge >= 0.3 is 0 Å². The molecular formula is C11H9ClFN3O. The molecule has 0 aliphatic carbocycles. The molecule has 0 fully saturated rings. The molecule has 88 valence electrons. The first-order valence-electron chi connectivity index (χ1n) is 4.85. The zero-order chi connectivity index (χ0) is 12.4. The van der Waals surface area contributed by atoms with Crippen molar-refractivity contribution in [2.75, 3.05) is 5.32 Å². The van der Waals surface area contributed by atoms with Crippen molar-refractivity contribution in [3.05, 3.63) is 46.4 Å². The monoisotopic (exact) mass is 253 g/mol. The lowest BCUT2D eigenvalue weighted by molar-refractivity contribution is 0.102. The number of rotatable bonds is 2. The number of aromatic amines is 1. The fraction of sp³-hybridized carbons (Fsp3) is 0.0909. The predicted octanol–water partition coefficient (Wildman–Crippen LogP) is 2.76. The van der Waals surface area contributed by atoms with Crippen molar-refractivity contribution in [2.45, 2.75) is 6.92 Å². The van der Waals surface area contributed by atoms with Gasteiger partial charge in [0.25, 0.3) is 5.91 Å². The van der Waals surface area contributed by atoms with Crippen LogP contribution in [0.5, 0.6) is 0 Å². The molecule has 0 aliphatic heterocycles. The van der Waals surface area contributed by atoms with E-state index >= 15 is 0 Å². The van der Waals surface area contributed by atoms with Gasteiger partial charge in [0.1, 0.15) is 5.82 Å². The molecule has 0 radical (unpaired) electrons. The molecule has 1 aromatic carbocycles. The molecule has 1 heterocycles. The molecular weight excluding hydrogens is 245 g/mol. The van der Waals surface area contributed by atoms with Gasteiger partial charge in [-0.25, -0.2) is 4.39 Å². The zero-order valence-electron chi connectivity index (χ0n) is 8.92. The standard InChI is InChI=1S/C11H9ClFN3O/c1-6-5-14-16-10(6)15-11(17)7-3-2-4-8(12)9(7)13/h2-5H,1H3,(H2,14,15,16,17). The Morgan fingerprint density at radius 3 is 2.94 bits per heavy atom. The Labute approximate surface area is 102 Å². The molecule has 0 spiro atoms. The largest absolute Gasteiger partial charge is 0.307 e. The summed E-state index contributed by atoms with van der Waals surface area (Å²) in [5.41, 5.74) is 0.660. The van der Waals surface area contributed by atoms with E-state index in [1.807, 2.05) is 0 Å². The van der Waals surface area contributed by atoms with E-state index in [2.05, 4.69) is 15.5 Å². The van der Waals surface area contributed by atoms with Crippen LogP contribution in [0.1, 0.15) is 15.9 Å². The molecule has 17 heavy (non-hydrogen) atoms. The number of H-pyrrole nitrogens is 1. The molecule has 2 rings (SSSR count). The lowest BCUT2D eigenvalue weighted by Crippen LogP contribution is -2.14. The van der Waals surface area contributed by atoms with Crippen molar-refractivity contribution in [1.29, 1.82) is 0 Å². The van der Waals surface area contributed by atoms with Gasteiger partial charge in [-0.3, -0.25) is 9.89 Å². The number of nitrogens with zero attached hydrogens (tertiary/aromatic N) is 1. The van der Waals surface area contributed by atoms with Crippen LogP contribution in [-0.2, 0) is 0 Å². The number of carbonyl (C=O) groups excluding carboxylic acids is 1. The Bertz CT molecular complexity index is 568. The van der Waals surface area contributed by atoms with Crippen LogP contribution in [0.4, 0.5) is 10.2 Å². The fourth-order valence-corrected chi connectivity index (χ4v) is 1.51. The van der Waals surface area contributed by atoms with Gasteiger partial charge in [0.2, 0.25) is 0 Å². The Morgan fingerprint density at radius 1 is 1.53 bits per heavy atom. The van der Waals surface area contributed by atoms with Gasteiger partial charge in [-0.15, -0.1) is 0 Å². The average Bonchev–Trinajstić information content (AvgIpc) is 2.68. The number of anilines is 1. The first-order valence-corrected chi connectivity index (χ1v) is 5.22. The van der Waals surface area contributed by atoms with Crippen molar-refractivity contribution < 1.29 is 9.18 Å². The summed E-state index contributed by atoms with van der Waals surface area (Å²) in [5, 5.41) is 8.79. The van der Waals surface area contributed by atoms with Gasteiger partial charge in [0, 0.05) is 5.56 Å². The summed E-state index contributed by atoms with van der Waals surface area (Å²) in [6.07, 6.45) is 1.56. The first kappa shape index (κ1) is 11.6. The number of nitrogens with one attached hydrogen (secondary N) is 2. The molecule has 6 heteroatoms. The van der Waals surface area contributed by atoms with Crippen LogP contribution < -0.4 is 5.32 Å². The average molecular weight is 254 g/mol. The van der Waals surface area contributed by atoms with E-state index in [1.54, 1.807) is 13.1 Å². The van der Waals surface area contributed by atoms with Gasteiger partial charge < -0.3 is 5.32 Å². The predicted molar refractivity (Wildman–Crippen MR) is 62.7 cm³/mol. The second-order valence-electron chi connectivity index (χ2n) is 3.48. The Morgan fingerprint density at radius 2 is 2.29 bits per heavy atom. The van der Waals surface area contributed by atoms with Crippen LogP contribution in [0.3, 0.4) is 0 Å². The summed E-state index contributed by atoms with van der Waals surface area (Å²) in [7, 11) is 0. The zero-order valence-corrected chi connectivity index (χ0v) is 9.68. The number of carbonyl (C=O) groups is 1. The first-order chi connectivity index (χ1) is 8.09. The molecule has 1 aromatic heterocycles. The number of amides is 1. The molecule has 2 N–H and O–H groups in total. The fourth-order valence-electron chi connectivity index (χ4n) is 1.33. The van der Waals surface area contributed by atoms with E-state index in [-0.39, 0.29) is 10.6 Å². The summed E-state index contributed by atoms with van der Waals surface area (Å²) < 4.78 is 13.6. The van der Waals surface area contributed by atoms with E-state index in [4.69, 9.17) is 11.6 Å². The number of aromatic nitrogens is 2. The van der Waals surface area contributed by atoms with Gasteiger partial charge in [-0.05, 0) is 19.1 Å². The maximum Gasteiger partial charge on any atom is 0.259 e. The van der Waals surface area contributed by atoms with E-state index < -0.39 is 11.7 Å². The normalized spacial score (nSPS) is 10.3. The third-order valence-electron chi connectivity index (χ3n) is 2.26. The van der Waals surface area contributed by atoms with Gasteiger partial charge in [-0.1, -0.05) is 17.7 Å². The molecule has 0 saturated carbocycles. The summed E-state index contributed by atoms with van der Waals surface area (Å²) in [4.78, 5) is 11.8. The Hall–Kier alpha value is -1.88. The second-order valence-corrected chi connectivity index (χ2v) is 3.89. The van der Waals surface area contributed by atoms with Crippen molar-refractivity contribution >= 4 is 23.3 Å².